The SMILES string of the molecule is COc1ccccc1-c1noc(CN2c3ccccc3C[C@H]2C)n1. The minimum atomic E-state index is 0.420. The summed E-state index contributed by atoms with van der Waals surface area (Å²) in [6, 6.07) is 16.6. The Labute approximate surface area is 140 Å². The van der Waals surface area contributed by atoms with Crippen molar-refractivity contribution in [1.82, 2.24) is 10.1 Å². The molecule has 1 atom stereocenters. The van der Waals surface area contributed by atoms with Gasteiger partial charge in [0.05, 0.1) is 19.2 Å². The summed E-state index contributed by atoms with van der Waals surface area (Å²) < 4.78 is 10.9. The van der Waals surface area contributed by atoms with Gasteiger partial charge >= 0.3 is 0 Å². The van der Waals surface area contributed by atoms with E-state index in [9.17, 15) is 0 Å². The highest BCUT2D eigenvalue weighted by molar-refractivity contribution is 5.63. The number of fused-ring (bicyclic) bond motifs is 1. The van der Waals surface area contributed by atoms with E-state index in [-0.39, 0.29) is 0 Å². The number of anilines is 1. The van der Waals surface area contributed by atoms with Gasteiger partial charge in [0.15, 0.2) is 0 Å². The highest BCUT2D eigenvalue weighted by atomic mass is 16.5. The predicted octanol–water partition coefficient (Wildman–Crippen LogP) is 3.70. The van der Waals surface area contributed by atoms with Crippen LogP contribution in [-0.4, -0.2) is 23.3 Å². The van der Waals surface area contributed by atoms with Gasteiger partial charge in [-0.3, -0.25) is 0 Å². The third kappa shape index (κ3) is 2.52. The zero-order valence-corrected chi connectivity index (χ0v) is 13.8. The fourth-order valence-electron chi connectivity index (χ4n) is 3.27. The number of benzene rings is 2. The second-order valence-electron chi connectivity index (χ2n) is 6.02. The molecule has 4 rings (SSSR count). The minimum absolute atomic E-state index is 0.420. The maximum absolute atomic E-state index is 5.49. The summed E-state index contributed by atoms with van der Waals surface area (Å²) in [7, 11) is 1.64. The molecule has 0 saturated heterocycles. The molecule has 0 spiro atoms. The fraction of sp³-hybridized carbons (Fsp3) is 0.263. The van der Waals surface area contributed by atoms with Crippen LogP contribution in [0, 0.1) is 0 Å². The number of aromatic nitrogens is 2. The van der Waals surface area contributed by atoms with E-state index in [0.717, 1.165) is 17.7 Å². The second kappa shape index (κ2) is 6.00. The number of rotatable bonds is 4. The lowest BCUT2D eigenvalue weighted by molar-refractivity contribution is 0.373. The zero-order valence-electron chi connectivity index (χ0n) is 13.8. The first-order valence-corrected chi connectivity index (χ1v) is 8.07. The van der Waals surface area contributed by atoms with Crippen molar-refractivity contribution in [2.24, 2.45) is 0 Å². The monoisotopic (exact) mass is 321 g/mol. The molecule has 0 unspecified atom stereocenters. The van der Waals surface area contributed by atoms with E-state index in [1.165, 1.54) is 11.3 Å². The molecular weight excluding hydrogens is 302 g/mol. The molecule has 1 aromatic heterocycles. The number of hydrogen-bond donors (Lipinski definition) is 0. The van der Waals surface area contributed by atoms with Gasteiger partial charge in [0, 0.05) is 11.7 Å². The first-order chi connectivity index (χ1) is 11.8. The Morgan fingerprint density at radius 1 is 1.17 bits per heavy atom. The van der Waals surface area contributed by atoms with Crippen LogP contribution in [0.3, 0.4) is 0 Å². The average Bonchev–Trinajstić information content (AvgIpc) is 3.20. The summed E-state index contributed by atoms with van der Waals surface area (Å²) in [5.41, 5.74) is 3.46. The van der Waals surface area contributed by atoms with E-state index >= 15 is 0 Å². The molecule has 2 heterocycles. The molecule has 5 heteroatoms. The highest BCUT2D eigenvalue weighted by Gasteiger charge is 2.27. The lowest BCUT2D eigenvalue weighted by Gasteiger charge is -2.22. The number of hydrogen-bond acceptors (Lipinski definition) is 5. The van der Waals surface area contributed by atoms with Crippen molar-refractivity contribution in [3.8, 4) is 17.1 Å². The largest absolute Gasteiger partial charge is 0.496 e. The molecule has 1 aliphatic rings. The lowest BCUT2D eigenvalue weighted by atomic mass is 10.1. The molecule has 122 valence electrons. The maximum atomic E-state index is 5.49. The van der Waals surface area contributed by atoms with Gasteiger partial charge in [0.1, 0.15) is 5.75 Å². The highest BCUT2D eigenvalue weighted by Crippen LogP contribution is 2.33. The zero-order chi connectivity index (χ0) is 16.5. The van der Waals surface area contributed by atoms with E-state index in [2.05, 4.69) is 46.2 Å². The van der Waals surface area contributed by atoms with Gasteiger partial charge < -0.3 is 14.2 Å². The predicted molar refractivity (Wildman–Crippen MR) is 92.1 cm³/mol. The van der Waals surface area contributed by atoms with E-state index in [1.807, 2.05) is 24.3 Å². The number of methoxy groups -OCH3 is 1. The first kappa shape index (κ1) is 14.8. The lowest BCUT2D eigenvalue weighted by Crippen LogP contribution is -2.28. The molecule has 0 fully saturated rings. The molecule has 2 aromatic carbocycles. The standard InChI is InChI=1S/C19H19N3O2/c1-13-11-14-7-3-5-9-16(14)22(13)12-18-20-19(21-24-18)15-8-4-6-10-17(15)23-2/h3-10,13H,11-12H2,1-2H3/t13-/m1/s1. The van der Waals surface area contributed by atoms with Gasteiger partial charge in [-0.1, -0.05) is 35.5 Å². The normalized spacial score (nSPS) is 16.2. The van der Waals surface area contributed by atoms with Crippen molar-refractivity contribution in [2.75, 3.05) is 12.0 Å². The molecule has 24 heavy (non-hydrogen) atoms. The van der Waals surface area contributed by atoms with Gasteiger partial charge in [-0.25, -0.2) is 0 Å². The smallest absolute Gasteiger partial charge is 0.246 e. The van der Waals surface area contributed by atoms with Gasteiger partial charge in [0.25, 0.3) is 0 Å². The minimum Gasteiger partial charge on any atom is -0.496 e. The van der Waals surface area contributed by atoms with Crippen LogP contribution in [0.4, 0.5) is 5.69 Å². The number of para-hydroxylation sites is 2. The Hall–Kier alpha value is -2.82. The number of nitrogens with zero attached hydrogens (tertiary/aromatic N) is 3. The van der Waals surface area contributed by atoms with Gasteiger partial charge in [-0.15, -0.1) is 0 Å². The molecule has 0 aliphatic carbocycles. The average molecular weight is 321 g/mol. The Morgan fingerprint density at radius 3 is 2.83 bits per heavy atom. The van der Waals surface area contributed by atoms with Crippen LogP contribution in [0.25, 0.3) is 11.4 Å². The van der Waals surface area contributed by atoms with Crippen molar-refractivity contribution >= 4 is 5.69 Å². The summed E-state index contributed by atoms with van der Waals surface area (Å²) >= 11 is 0. The molecular formula is C19H19N3O2. The van der Waals surface area contributed by atoms with Gasteiger partial charge in [-0.05, 0) is 37.1 Å². The van der Waals surface area contributed by atoms with Crippen LogP contribution in [-0.2, 0) is 13.0 Å². The third-order valence-electron chi connectivity index (χ3n) is 4.47. The van der Waals surface area contributed by atoms with Crippen LogP contribution < -0.4 is 9.64 Å². The van der Waals surface area contributed by atoms with Gasteiger partial charge in [-0.2, -0.15) is 4.98 Å². The topological polar surface area (TPSA) is 51.4 Å². The molecule has 0 N–H and O–H groups in total. The van der Waals surface area contributed by atoms with Crippen molar-refractivity contribution in [3.63, 3.8) is 0 Å². The third-order valence-corrected chi connectivity index (χ3v) is 4.47. The molecule has 5 nitrogen and oxygen atoms in total. The summed E-state index contributed by atoms with van der Waals surface area (Å²) in [6.45, 7) is 2.83. The molecule has 0 bridgehead atoms. The van der Waals surface area contributed by atoms with Crippen LogP contribution in [0.5, 0.6) is 5.75 Å². The van der Waals surface area contributed by atoms with Crippen molar-refractivity contribution < 1.29 is 9.26 Å². The van der Waals surface area contributed by atoms with E-state index in [1.54, 1.807) is 7.11 Å². The molecule has 1 aliphatic heterocycles. The van der Waals surface area contributed by atoms with E-state index in [4.69, 9.17) is 9.26 Å². The molecule has 0 radical (unpaired) electrons. The summed E-state index contributed by atoms with van der Waals surface area (Å²) in [6.07, 6.45) is 1.05. The molecule has 3 aromatic rings. The van der Waals surface area contributed by atoms with E-state index < -0.39 is 0 Å². The van der Waals surface area contributed by atoms with Gasteiger partial charge in [0.2, 0.25) is 11.7 Å². The van der Waals surface area contributed by atoms with Crippen LogP contribution in [0.2, 0.25) is 0 Å². The summed E-state index contributed by atoms with van der Waals surface area (Å²) in [5.74, 6) is 1.91. The Balaban J connectivity index is 1.60. The van der Waals surface area contributed by atoms with Crippen LogP contribution in [0.15, 0.2) is 53.1 Å². The van der Waals surface area contributed by atoms with Crippen LogP contribution in [0.1, 0.15) is 18.4 Å². The Morgan fingerprint density at radius 2 is 1.96 bits per heavy atom. The maximum Gasteiger partial charge on any atom is 0.246 e. The van der Waals surface area contributed by atoms with Crippen molar-refractivity contribution in [1.29, 1.82) is 0 Å². The Kier molecular flexibility index (Phi) is 3.69. The van der Waals surface area contributed by atoms with Crippen molar-refractivity contribution in [2.45, 2.75) is 25.9 Å². The van der Waals surface area contributed by atoms with E-state index in [0.29, 0.717) is 24.3 Å². The van der Waals surface area contributed by atoms with Crippen LogP contribution >= 0.6 is 0 Å². The number of ether oxygens (including phenoxy) is 1. The Bertz CT molecular complexity index is 859. The molecule has 0 amide bonds. The molecule has 0 saturated carbocycles. The quantitative estimate of drug-likeness (QED) is 0.733. The summed E-state index contributed by atoms with van der Waals surface area (Å²) in [5, 5.41) is 4.13. The second-order valence-corrected chi connectivity index (χ2v) is 6.02. The first-order valence-electron chi connectivity index (χ1n) is 8.07. The summed E-state index contributed by atoms with van der Waals surface area (Å²) in [4.78, 5) is 6.87. The fourth-order valence-corrected chi connectivity index (χ4v) is 3.27. The van der Waals surface area contributed by atoms with Crippen molar-refractivity contribution in [3.05, 3.63) is 60.0 Å².